The highest BCUT2D eigenvalue weighted by atomic mass is 127. The lowest BCUT2D eigenvalue weighted by atomic mass is 10.2. The molecule has 2 heterocycles. The summed E-state index contributed by atoms with van der Waals surface area (Å²) in [5, 5.41) is 3.26. The monoisotopic (exact) mass is 535 g/mol. The van der Waals surface area contributed by atoms with E-state index in [1.54, 1.807) is 13.1 Å². The number of piperazine rings is 1. The first kappa shape index (κ1) is 24.0. The summed E-state index contributed by atoms with van der Waals surface area (Å²) in [6.07, 6.45) is -2.95. The molecule has 0 spiro atoms. The Morgan fingerprint density at radius 1 is 1.13 bits per heavy atom. The Bertz CT molecular complexity index is 812. The van der Waals surface area contributed by atoms with Crippen LogP contribution >= 0.6 is 24.0 Å². The van der Waals surface area contributed by atoms with Gasteiger partial charge >= 0.3 is 6.18 Å². The van der Waals surface area contributed by atoms with Crippen LogP contribution in [0.1, 0.15) is 5.56 Å². The van der Waals surface area contributed by atoms with Crippen LogP contribution in [0.15, 0.2) is 53.7 Å². The highest BCUT2D eigenvalue weighted by Crippen LogP contribution is 2.18. The fourth-order valence-corrected chi connectivity index (χ4v) is 3.12. The minimum atomic E-state index is -4.39. The molecule has 0 unspecified atom stereocenters. The zero-order valence-corrected chi connectivity index (χ0v) is 18.9. The van der Waals surface area contributed by atoms with Gasteiger partial charge in [0.05, 0.1) is 0 Å². The van der Waals surface area contributed by atoms with Crippen molar-refractivity contribution in [2.75, 3.05) is 44.7 Å². The van der Waals surface area contributed by atoms with Gasteiger partial charge in [0, 0.05) is 57.7 Å². The molecule has 0 aliphatic carbocycles. The molecule has 164 valence electrons. The van der Waals surface area contributed by atoms with E-state index in [1.165, 1.54) is 18.0 Å². The Morgan fingerprint density at radius 2 is 1.83 bits per heavy atom. The molecule has 1 aliphatic heterocycles. The second-order valence-corrected chi connectivity index (χ2v) is 6.62. The number of hydrogen-bond donors (Lipinski definition) is 1. The molecule has 1 N–H and O–H groups in total. The summed E-state index contributed by atoms with van der Waals surface area (Å²) in [7, 11) is 1.72. The molecule has 1 aromatic carbocycles. The molecule has 0 bridgehead atoms. The summed E-state index contributed by atoms with van der Waals surface area (Å²) >= 11 is 0. The number of nitrogens with one attached hydrogen (secondary N) is 1. The highest BCUT2D eigenvalue weighted by Gasteiger charge is 2.28. The summed E-state index contributed by atoms with van der Waals surface area (Å²) < 4.78 is 41.6. The summed E-state index contributed by atoms with van der Waals surface area (Å²) in [6.45, 7) is 2.47. The van der Waals surface area contributed by atoms with E-state index >= 15 is 0 Å². The summed E-state index contributed by atoms with van der Waals surface area (Å²) in [5.74, 6) is 0.709. The normalized spacial score (nSPS) is 14.9. The predicted molar refractivity (Wildman–Crippen MR) is 122 cm³/mol. The topological polar surface area (TPSA) is 53.0 Å². The van der Waals surface area contributed by atoms with Gasteiger partial charge in [-0.15, -0.1) is 24.0 Å². The van der Waals surface area contributed by atoms with E-state index in [4.69, 9.17) is 4.74 Å². The van der Waals surface area contributed by atoms with Gasteiger partial charge in [-0.05, 0) is 23.8 Å². The molecule has 0 amide bonds. The first-order valence-electron chi connectivity index (χ1n) is 9.35. The summed E-state index contributed by atoms with van der Waals surface area (Å²) in [5.41, 5.74) is 1.97. The molecule has 10 heteroatoms. The molecule has 2 aromatic rings. The number of alkyl halides is 3. The van der Waals surface area contributed by atoms with E-state index < -0.39 is 12.8 Å². The zero-order valence-electron chi connectivity index (χ0n) is 16.6. The fraction of sp³-hybridized carbons (Fsp3) is 0.400. The van der Waals surface area contributed by atoms with Crippen molar-refractivity contribution in [2.45, 2.75) is 12.7 Å². The number of guanidine groups is 1. The van der Waals surface area contributed by atoms with Gasteiger partial charge < -0.3 is 19.9 Å². The number of benzene rings is 1. The molecule has 0 radical (unpaired) electrons. The quantitative estimate of drug-likeness (QED) is 0.361. The molecule has 3 rings (SSSR count). The van der Waals surface area contributed by atoms with Gasteiger partial charge in [-0.2, -0.15) is 13.2 Å². The van der Waals surface area contributed by atoms with Gasteiger partial charge in [0.2, 0.25) is 5.88 Å². The number of pyridine rings is 1. The van der Waals surface area contributed by atoms with E-state index in [0.717, 1.165) is 37.7 Å². The molecular weight excluding hydrogens is 510 g/mol. The lowest BCUT2D eigenvalue weighted by Crippen LogP contribution is -2.52. The molecule has 0 atom stereocenters. The number of para-hydroxylation sites is 1. The van der Waals surface area contributed by atoms with Gasteiger partial charge in [0.15, 0.2) is 12.6 Å². The van der Waals surface area contributed by atoms with E-state index in [-0.39, 0.29) is 29.9 Å². The van der Waals surface area contributed by atoms with Crippen LogP contribution in [0.5, 0.6) is 5.88 Å². The van der Waals surface area contributed by atoms with Gasteiger partial charge in [-0.25, -0.2) is 4.98 Å². The predicted octanol–water partition coefficient (Wildman–Crippen LogP) is 3.54. The first-order valence-corrected chi connectivity index (χ1v) is 9.35. The van der Waals surface area contributed by atoms with E-state index in [0.29, 0.717) is 6.54 Å². The van der Waals surface area contributed by atoms with Crippen molar-refractivity contribution in [3.8, 4) is 5.88 Å². The molecular formula is C20H25F3IN5O. The number of aliphatic imine (C=N–C) groups is 1. The van der Waals surface area contributed by atoms with Gasteiger partial charge in [0.25, 0.3) is 0 Å². The zero-order chi connectivity index (χ0) is 20.7. The molecule has 30 heavy (non-hydrogen) atoms. The molecule has 0 saturated carbocycles. The van der Waals surface area contributed by atoms with Gasteiger partial charge in [-0.3, -0.25) is 4.99 Å². The Hall–Kier alpha value is -2.24. The van der Waals surface area contributed by atoms with Crippen molar-refractivity contribution >= 4 is 35.6 Å². The van der Waals surface area contributed by atoms with E-state index in [2.05, 4.69) is 37.2 Å². The summed E-state index contributed by atoms with van der Waals surface area (Å²) in [4.78, 5) is 12.7. The molecule has 1 fully saturated rings. The molecule has 1 saturated heterocycles. The largest absolute Gasteiger partial charge is 0.468 e. The number of ether oxygens (including phenoxy) is 1. The third-order valence-corrected chi connectivity index (χ3v) is 4.55. The van der Waals surface area contributed by atoms with Crippen molar-refractivity contribution in [3.05, 3.63) is 54.2 Å². The SMILES string of the molecule is CN=C(NCc1ccnc(OCC(F)(F)F)c1)N1CCN(c2ccccc2)CC1.I. The molecule has 6 nitrogen and oxygen atoms in total. The average Bonchev–Trinajstić information content (AvgIpc) is 2.74. The minimum Gasteiger partial charge on any atom is -0.468 e. The van der Waals surface area contributed by atoms with Crippen molar-refractivity contribution in [3.63, 3.8) is 0 Å². The molecule has 1 aromatic heterocycles. The Labute approximate surface area is 191 Å². The van der Waals surface area contributed by atoms with E-state index in [1.807, 2.05) is 18.2 Å². The second-order valence-electron chi connectivity index (χ2n) is 6.62. The van der Waals surface area contributed by atoms with Crippen LogP contribution in [0.3, 0.4) is 0 Å². The van der Waals surface area contributed by atoms with Crippen molar-refractivity contribution in [1.82, 2.24) is 15.2 Å². The van der Waals surface area contributed by atoms with E-state index in [9.17, 15) is 13.2 Å². The smallest absolute Gasteiger partial charge is 0.422 e. The summed E-state index contributed by atoms with van der Waals surface area (Å²) in [6, 6.07) is 13.5. The van der Waals surface area contributed by atoms with Crippen LogP contribution in [0.2, 0.25) is 0 Å². The maximum atomic E-state index is 12.3. The fourth-order valence-electron chi connectivity index (χ4n) is 3.12. The Balaban J connectivity index is 0.00000320. The third-order valence-electron chi connectivity index (χ3n) is 4.55. The average molecular weight is 535 g/mol. The maximum Gasteiger partial charge on any atom is 0.422 e. The lowest BCUT2D eigenvalue weighted by Gasteiger charge is -2.37. The van der Waals surface area contributed by atoms with Crippen LogP contribution in [-0.2, 0) is 6.54 Å². The van der Waals surface area contributed by atoms with Crippen molar-refractivity contribution in [2.24, 2.45) is 4.99 Å². The Kier molecular flexibility index (Phi) is 9.00. The molecule has 1 aliphatic rings. The van der Waals surface area contributed by atoms with Crippen LogP contribution < -0.4 is 15.0 Å². The van der Waals surface area contributed by atoms with Crippen LogP contribution in [0.25, 0.3) is 0 Å². The van der Waals surface area contributed by atoms with Crippen LogP contribution in [0, 0.1) is 0 Å². The van der Waals surface area contributed by atoms with Crippen LogP contribution in [-0.4, -0.2) is 61.9 Å². The maximum absolute atomic E-state index is 12.3. The number of halogens is 4. The number of anilines is 1. The third kappa shape index (κ3) is 7.22. The minimum absolute atomic E-state index is 0. The van der Waals surface area contributed by atoms with Gasteiger partial charge in [0.1, 0.15) is 0 Å². The number of aromatic nitrogens is 1. The van der Waals surface area contributed by atoms with Crippen molar-refractivity contribution < 1.29 is 17.9 Å². The number of hydrogen-bond acceptors (Lipinski definition) is 4. The van der Waals surface area contributed by atoms with Gasteiger partial charge in [-0.1, -0.05) is 18.2 Å². The van der Waals surface area contributed by atoms with Crippen LogP contribution in [0.4, 0.5) is 18.9 Å². The standard InChI is InChI=1S/C20H24F3N5O.HI/c1-24-19(28-11-9-27(10-12-28)17-5-3-2-4-6-17)26-14-16-7-8-25-18(13-16)29-15-20(21,22)23;/h2-8,13H,9-12,14-15H2,1H3,(H,24,26);1H. The number of nitrogens with zero attached hydrogens (tertiary/aromatic N) is 4. The highest BCUT2D eigenvalue weighted by molar-refractivity contribution is 14.0. The number of rotatable bonds is 5. The van der Waals surface area contributed by atoms with Crippen molar-refractivity contribution in [1.29, 1.82) is 0 Å². The lowest BCUT2D eigenvalue weighted by molar-refractivity contribution is -0.154. The first-order chi connectivity index (χ1) is 13.9. The second kappa shape index (κ2) is 11.2. The Morgan fingerprint density at radius 3 is 2.47 bits per heavy atom.